The molecule has 13 heteroatoms. The van der Waals surface area contributed by atoms with Crippen LogP contribution in [0.1, 0.15) is 28.8 Å². The van der Waals surface area contributed by atoms with Crippen LogP contribution in [0.2, 0.25) is 0 Å². The molecule has 0 spiro atoms. The standard InChI is InChI=1S/C22H17F4N3O6/c1-28(10-2-3-14(23)17(6-10)35-21(25)26)22(33)34-11-7-12-13(15(24)8-11)9-29(20(12)32)16-4-5-18(30)27-19(16)31/h2-3,6-8,16,21H,4-5,9H2,1H3,(H,27,30,31). The molecule has 1 fully saturated rings. The van der Waals surface area contributed by atoms with E-state index in [9.17, 15) is 36.7 Å². The molecule has 0 aromatic heterocycles. The number of carbonyl (C=O) groups excluding carboxylic acids is 4. The minimum absolute atomic E-state index is 0.000165. The largest absolute Gasteiger partial charge is 0.432 e. The summed E-state index contributed by atoms with van der Waals surface area (Å²) in [5.41, 5.74) is -0.177. The van der Waals surface area contributed by atoms with Gasteiger partial charge in [-0.1, -0.05) is 0 Å². The second-order valence-corrected chi connectivity index (χ2v) is 7.75. The lowest BCUT2D eigenvalue weighted by molar-refractivity contribution is -0.136. The van der Waals surface area contributed by atoms with Gasteiger partial charge in [-0.25, -0.2) is 13.6 Å². The maximum Gasteiger partial charge on any atom is 0.419 e. The van der Waals surface area contributed by atoms with Gasteiger partial charge in [0.1, 0.15) is 17.6 Å². The van der Waals surface area contributed by atoms with Gasteiger partial charge in [0.05, 0.1) is 17.8 Å². The second kappa shape index (κ2) is 9.24. The SMILES string of the molecule is CN(C(=O)Oc1cc(F)c2c(c1)C(=O)N(C1CCC(=O)NC1=O)C2)c1ccc(F)c(OC(F)F)c1. The minimum Gasteiger partial charge on any atom is -0.432 e. The first-order valence-electron chi connectivity index (χ1n) is 10.2. The number of anilines is 1. The lowest BCUT2D eigenvalue weighted by Gasteiger charge is -2.29. The third-order valence-electron chi connectivity index (χ3n) is 5.57. The molecule has 2 aromatic carbocycles. The fourth-order valence-corrected chi connectivity index (χ4v) is 3.81. The average molecular weight is 495 g/mol. The van der Waals surface area contributed by atoms with Gasteiger partial charge in [-0.3, -0.25) is 24.6 Å². The molecule has 35 heavy (non-hydrogen) atoms. The molecule has 0 bridgehead atoms. The van der Waals surface area contributed by atoms with Gasteiger partial charge in [-0.05, 0) is 24.6 Å². The van der Waals surface area contributed by atoms with Crippen molar-refractivity contribution < 1.29 is 46.2 Å². The Morgan fingerprint density at radius 3 is 2.57 bits per heavy atom. The average Bonchev–Trinajstić information content (AvgIpc) is 3.11. The Morgan fingerprint density at radius 1 is 1.14 bits per heavy atom. The number of hydrogen-bond acceptors (Lipinski definition) is 6. The molecule has 1 N–H and O–H groups in total. The summed E-state index contributed by atoms with van der Waals surface area (Å²) >= 11 is 0. The first kappa shape index (κ1) is 24.0. The predicted octanol–water partition coefficient (Wildman–Crippen LogP) is 2.96. The van der Waals surface area contributed by atoms with Crippen LogP contribution in [0.5, 0.6) is 11.5 Å². The van der Waals surface area contributed by atoms with Gasteiger partial charge >= 0.3 is 12.7 Å². The number of nitrogens with zero attached hydrogens (tertiary/aromatic N) is 2. The quantitative estimate of drug-likeness (QED) is 0.505. The molecule has 4 amide bonds. The molecule has 1 unspecified atom stereocenters. The molecule has 0 saturated carbocycles. The summed E-state index contributed by atoms with van der Waals surface area (Å²) in [6.07, 6.45) is -0.971. The van der Waals surface area contributed by atoms with Gasteiger partial charge in [-0.15, -0.1) is 0 Å². The van der Waals surface area contributed by atoms with Crippen molar-refractivity contribution in [1.29, 1.82) is 0 Å². The summed E-state index contributed by atoms with van der Waals surface area (Å²) in [6.45, 7) is -3.49. The van der Waals surface area contributed by atoms with E-state index in [0.29, 0.717) is 0 Å². The fourth-order valence-electron chi connectivity index (χ4n) is 3.81. The molecule has 2 aliphatic rings. The number of imide groups is 1. The molecule has 0 aliphatic carbocycles. The number of benzene rings is 2. The van der Waals surface area contributed by atoms with Crippen molar-refractivity contribution in [3.63, 3.8) is 0 Å². The fraction of sp³-hybridized carbons (Fsp3) is 0.273. The number of alkyl halides is 2. The highest BCUT2D eigenvalue weighted by Crippen LogP contribution is 2.33. The van der Waals surface area contributed by atoms with Gasteiger partial charge in [0.15, 0.2) is 11.6 Å². The highest BCUT2D eigenvalue weighted by atomic mass is 19.3. The molecule has 1 atom stereocenters. The van der Waals surface area contributed by atoms with Crippen LogP contribution in [0.3, 0.4) is 0 Å². The summed E-state index contributed by atoms with van der Waals surface area (Å²) in [7, 11) is 1.20. The maximum atomic E-state index is 14.7. The Morgan fingerprint density at radius 2 is 1.89 bits per heavy atom. The molecule has 2 aromatic rings. The van der Waals surface area contributed by atoms with Crippen LogP contribution in [-0.2, 0) is 16.1 Å². The van der Waals surface area contributed by atoms with E-state index in [4.69, 9.17) is 4.74 Å². The molecule has 4 rings (SSSR count). The normalized spacial score (nSPS) is 17.4. The van der Waals surface area contributed by atoms with E-state index in [0.717, 1.165) is 40.1 Å². The molecular formula is C22H17F4N3O6. The lowest BCUT2D eigenvalue weighted by atomic mass is 10.0. The van der Waals surface area contributed by atoms with Crippen LogP contribution in [0, 0.1) is 11.6 Å². The van der Waals surface area contributed by atoms with E-state index in [1.54, 1.807) is 0 Å². The number of hydrogen-bond donors (Lipinski definition) is 1. The van der Waals surface area contributed by atoms with Crippen molar-refractivity contribution in [2.24, 2.45) is 0 Å². The molecular weight excluding hydrogens is 478 g/mol. The van der Waals surface area contributed by atoms with E-state index in [1.165, 1.54) is 7.05 Å². The Balaban J connectivity index is 1.51. The highest BCUT2D eigenvalue weighted by molar-refractivity contribution is 6.05. The Bertz CT molecular complexity index is 1240. The van der Waals surface area contributed by atoms with E-state index >= 15 is 0 Å². The van der Waals surface area contributed by atoms with Crippen LogP contribution in [0.4, 0.5) is 28.0 Å². The van der Waals surface area contributed by atoms with Crippen molar-refractivity contribution in [3.8, 4) is 11.5 Å². The number of rotatable bonds is 5. The lowest BCUT2D eigenvalue weighted by Crippen LogP contribution is -2.52. The third kappa shape index (κ3) is 4.74. The molecule has 184 valence electrons. The number of halogens is 4. The summed E-state index contributed by atoms with van der Waals surface area (Å²) in [5.74, 6) is -4.85. The first-order chi connectivity index (χ1) is 16.5. The van der Waals surface area contributed by atoms with Gasteiger partial charge in [0.25, 0.3) is 5.91 Å². The second-order valence-electron chi connectivity index (χ2n) is 7.75. The highest BCUT2D eigenvalue weighted by Gasteiger charge is 2.40. The van der Waals surface area contributed by atoms with Crippen molar-refractivity contribution in [3.05, 3.63) is 53.1 Å². The van der Waals surface area contributed by atoms with Gasteiger partial charge in [-0.2, -0.15) is 8.78 Å². The Labute approximate surface area is 195 Å². The van der Waals surface area contributed by atoms with E-state index in [1.807, 2.05) is 0 Å². The van der Waals surface area contributed by atoms with E-state index in [-0.39, 0.29) is 42.0 Å². The zero-order valence-corrected chi connectivity index (χ0v) is 18.0. The van der Waals surface area contributed by atoms with Crippen LogP contribution < -0.4 is 19.7 Å². The van der Waals surface area contributed by atoms with Crippen molar-refractivity contribution in [1.82, 2.24) is 10.2 Å². The van der Waals surface area contributed by atoms with Crippen LogP contribution in [-0.4, -0.2) is 48.4 Å². The smallest absolute Gasteiger partial charge is 0.419 e. The van der Waals surface area contributed by atoms with E-state index in [2.05, 4.69) is 10.1 Å². The number of ether oxygens (including phenoxy) is 2. The van der Waals surface area contributed by atoms with Crippen molar-refractivity contribution >= 4 is 29.5 Å². The molecule has 9 nitrogen and oxygen atoms in total. The molecule has 2 heterocycles. The summed E-state index contributed by atoms with van der Waals surface area (Å²) < 4.78 is 62.5. The number of piperidine rings is 1. The maximum absolute atomic E-state index is 14.7. The number of fused-ring (bicyclic) bond motifs is 1. The monoisotopic (exact) mass is 495 g/mol. The summed E-state index contributed by atoms with van der Waals surface area (Å²) in [5, 5.41) is 2.14. The van der Waals surface area contributed by atoms with Crippen molar-refractivity contribution in [2.75, 3.05) is 11.9 Å². The molecule has 0 radical (unpaired) electrons. The molecule has 1 saturated heterocycles. The third-order valence-corrected chi connectivity index (χ3v) is 5.57. The number of carbonyl (C=O) groups is 4. The molecule has 2 aliphatic heterocycles. The first-order valence-corrected chi connectivity index (χ1v) is 10.2. The number of amides is 4. The zero-order valence-electron chi connectivity index (χ0n) is 18.0. The Kier molecular flexibility index (Phi) is 6.33. The summed E-state index contributed by atoms with van der Waals surface area (Å²) in [6, 6.07) is 3.84. The Hall–Kier alpha value is -4.16. The van der Waals surface area contributed by atoms with E-state index < -0.39 is 53.9 Å². The predicted molar refractivity (Wildman–Crippen MR) is 110 cm³/mol. The number of nitrogens with one attached hydrogen (secondary N) is 1. The van der Waals surface area contributed by atoms with Gasteiger partial charge < -0.3 is 14.4 Å². The van der Waals surface area contributed by atoms with Gasteiger partial charge in [0, 0.05) is 31.2 Å². The summed E-state index contributed by atoms with van der Waals surface area (Å²) in [4.78, 5) is 50.9. The van der Waals surface area contributed by atoms with Crippen LogP contribution >= 0.6 is 0 Å². The van der Waals surface area contributed by atoms with Crippen LogP contribution in [0.25, 0.3) is 0 Å². The van der Waals surface area contributed by atoms with Gasteiger partial charge in [0.2, 0.25) is 11.8 Å². The van der Waals surface area contributed by atoms with Crippen LogP contribution in [0.15, 0.2) is 30.3 Å². The minimum atomic E-state index is -3.29. The zero-order chi connectivity index (χ0) is 25.4. The van der Waals surface area contributed by atoms with Crippen molar-refractivity contribution in [2.45, 2.75) is 32.0 Å². The topological polar surface area (TPSA) is 105 Å².